The molecule has 0 saturated carbocycles. The topological polar surface area (TPSA) is 32.3 Å². The van der Waals surface area contributed by atoms with Gasteiger partial charge in [-0.15, -0.1) is 11.3 Å². The molecule has 1 atom stereocenters. The van der Waals surface area contributed by atoms with Crippen LogP contribution in [0.15, 0.2) is 41.8 Å². The molecule has 122 valence electrons. The van der Waals surface area contributed by atoms with E-state index >= 15 is 0 Å². The predicted molar refractivity (Wildman–Crippen MR) is 97.0 cm³/mol. The predicted octanol–water partition coefficient (Wildman–Crippen LogP) is 4.65. The quantitative estimate of drug-likeness (QED) is 0.866. The summed E-state index contributed by atoms with van der Waals surface area (Å²) >= 11 is 1.79. The van der Waals surface area contributed by atoms with E-state index < -0.39 is 0 Å². The lowest BCUT2D eigenvalue weighted by Gasteiger charge is -2.23. The first-order valence-corrected chi connectivity index (χ1v) is 9.19. The molecule has 1 aromatic carbocycles. The minimum atomic E-state index is 0.0848. The molecule has 0 bridgehead atoms. The Morgan fingerprint density at radius 1 is 1.30 bits per heavy atom. The number of nitrogens with zero attached hydrogens (tertiary/aromatic N) is 1. The second-order valence-corrected chi connectivity index (χ2v) is 7.41. The Bertz CT molecular complexity index is 651. The Morgan fingerprint density at radius 3 is 2.87 bits per heavy atom. The second-order valence-electron chi connectivity index (χ2n) is 6.43. The molecule has 3 nitrogen and oxygen atoms in total. The third-order valence-corrected chi connectivity index (χ3v) is 5.41. The van der Waals surface area contributed by atoms with Gasteiger partial charge in [-0.3, -0.25) is 9.69 Å². The number of hydrogen-bond donors (Lipinski definition) is 1. The zero-order valence-electron chi connectivity index (χ0n) is 13.8. The molecule has 4 heteroatoms. The SMILES string of the molecule is CC(C)c1ccccc1NC(=O)CN1CCC[C@@H]1c1cccs1. The van der Waals surface area contributed by atoms with Crippen molar-refractivity contribution in [3.8, 4) is 0 Å². The highest BCUT2D eigenvalue weighted by atomic mass is 32.1. The lowest BCUT2D eigenvalue weighted by atomic mass is 10.0. The average Bonchev–Trinajstić information content (AvgIpc) is 3.18. The Morgan fingerprint density at radius 2 is 2.13 bits per heavy atom. The van der Waals surface area contributed by atoms with Crippen molar-refractivity contribution in [2.45, 2.75) is 38.6 Å². The van der Waals surface area contributed by atoms with Crippen LogP contribution >= 0.6 is 11.3 Å². The largest absolute Gasteiger partial charge is 0.325 e. The molecule has 2 heterocycles. The van der Waals surface area contributed by atoms with Gasteiger partial charge < -0.3 is 5.32 Å². The maximum absolute atomic E-state index is 12.5. The molecule has 2 aromatic rings. The minimum Gasteiger partial charge on any atom is -0.325 e. The van der Waals surface area contributed by atoms with Gasteiger partial charge in [0.05, 0.1) is 6.54 Å². The molecule has 1 aliphatic rings. The summed E-state index contributed by atoms with van der Waals surface area (Å²) in [4.78, 5) is 16.2. The highest BCUT2D eigenvalue weighted by Crippen LogP contribution is 2.34. The third-order valence-electron chi connectivity index (χ3n) is 4.44. The van der Waals surface area contributed by atoms with E-state index in [-0.39, 0.29) is 5.91 Å². The maximum Gasteiger partial charge on any atom is 0.238 e. The molecule has 0 spiro atoms. The average molecular weight is 328 g/mol. The number of para-hydroxylation sites is 1. The summed E-state index contributed by atoms with van der Waals surface area (Å²) < 4.78 is 0. The van der Waals surface area contributed by atoms with Crippen molar-refractivity contribution < 1.29 is 4.79 Å². The van der Waals surface area contributed by atoms with Gasteiger partial charge in [-0.2, -0.15) is 0 Å². The van der Waals surface area contributed by atoms with Gasteiger partial charge in [0, 0.05) is 16.6 Å². The van der Waals surface area contributed by atoms with Crippen molar-refractivity contribution in [1.82, 2.24) is 4.90 Å². The van der Waals surface area contributed by atoms with E-state index in [2.05, 4.69) is 47.6 Å². The monoisotopic (exact) mass is 328 g/mol. The molecule has 0 aliphatic carbocycles. The molecule has 1 aromatic heterocycles. The van der Waals surface area contributed by atoms with E-state index in [1.165, 1.54) is 16.9 Å². The van der Waals surface area contributed by atoms with Gasteiger partial charge in [-0.1, -0.05) is 38.1 Å². The van der Waals surface area contributed by atoms with Gasteiger partial charge in [0.15, 0.2) is 0 Å². The van der Waals surface area contributed by atoms with Crippen LogP contribution in [0.4, 0.5) is 5.69 Å². The summed E-state index contributed by atoms with van der Waals surface area (Å²) in [6.45, 7) is 5.77. The number of hydrogen-bond acceptors (Lipinski definition) is 3. The van der Waals surface area contributed by atoms with E-state index in [4.69, 9.17) is 0 Å². The van der Waals surface area contributed by atoms with Crippen molar-refractivity contribution in [1.29, 1.82) is 0 Å². The molecule has 23 heavy (non-hydrogen) atoms. The highest BCUT2D eigenvalue weighted by molar-refractivity contribution is 7.10. The van der Waals surface area contributed by atoms with Crippen LogP contribution < -0.4 is 5.32 Å². The fourth-order valence-corrected chi connectivity index (χ4v) is 4.20. The number of carbonyl (C=O) groups excluding carboxylic acids is 1. The van der Waals surface area contributed by atoms with E-state index in [1.807, 2.05) is 18.2 Å². The Labute approximate surface area is 142 Å². The van der Waals surface area contributed by atoms with E-state index in [9.17, 15) is 4.79 Å². The van der Waals surface area contributed by atoms with E-state index in [1.54, 1.807) is 11.3 Å². The van der Waals surface area contributed by atoms with Crippen LogP contribution in [0, 0.1) is 0 Å². The number of nitrogens with one attached hydrogen (secondary N) is 1. The van der Waals surface area contributed by atoms with E-state index in [0.29, 0.717) is 18.5 Å². The van der Waals surface area contributed by atoms with Crippen molar-refractivity contribution in [2.75, 3.05) is 18.4 Å². The molecule has 1 amide bonds. The van der Waals surface area contributed by atoms with Gasteiger partial charge in [0.2, 0.25) is 5.91 Å². The van der Waals surface area contributed by atoms with Crippen LogP contribution in [0.5, 0.6) is 0 Å². The summed E-state index contributed by atoms with van der Waals surface area (Å²) in [6.07, 6.45) is 2.31. The first-order chi connectivity index (χ1) is 11.1. The molecule has 1 aliphatic heterocycles. The Kier molecular flexibility index (Phi) is 5.13. The molecular weight excluding hydrogens is 304 g/mol. The van der Waals surface area contributed by atoms with Gasteiger partial charge in [0.25, 0.3) is 0 Å². The fourth-order valence-electron chi connectivity index (χ4n) is 3.31. The molecule has 3 rings (SSSR count). The van der Waals surface area contributed by atoms with Gasteiger partial charge >= 0.3 is 0 Å². The van der Waals surface area contributed by atoms with Gasteiger partial charge in [-0.05, 0) is 48.4 Å². The van der Waals surface area contributed by atoms with Crippen molar-refractivity contribution >= 4 is 22.9 Å². The lowest BCUT2D eigenvalue weighted by Crippen LogP contribution is -2.32. The highest BCUT2D eigenvalue weighted by Gasteiger charge is 2.28. The Balaban J connectivity index is 1.66. The molecule has 1 saturated heterocycles. The second kappa shape index (κ2) is 7.28. The molecule has 0 unspecified atom stereocenters. The number of thiophene rings is 1. The van der Waals surface area contributed by atoms with Crippen LogP contribution in [-0.4, -0.2) is 23.9 Å². The van der Waals surface area contributed by atoms with Gasteiger partial charge in [-0.25, -0.2) is 0 Å². The number of likely N-dealkylation sites (tertiary alicyclic amines) is 1. The number of carbonyl (C=O) groups is 1. The van der Waals surface area contributed by atoms with E-state index in [0.717, 1.165) is 18.7 Å². The van der Waals surface area contributed by atoms with Crippen molar-refractivity contribution in [3.63, 3.8) is 0 Å². The standard InChI is InChI=1S/C19H24N2OS/c1-14(2)15-7-3-4-8-16(15)20-19(22)13-21-11-5-9-17(21)18-10-6-12-23-18/h3-4,6-8,10,12,14,17H,5,9,11,13H2,1-2H3,(H,20,22)/t17-/m1/s1. The van der Waals surface area contributed by atoms with Crippen molar-refractivity contribution in [2.24, 2.45) is 0 Å². The summed E-state index contributed by atoms with van der Waals surface area (Å²) in [5, 5.41) is 5.22. The smallest absolute Gasteiger partial charge is 0.238 e. The lowest BCUT2D eigenvalue weighted by molar-refractivity contribution is -0.117. The summed E-state index contributed by atoms with van der Waals surface area (Å²) in [7, 11) is 0. The number of amides is 1. The maximum atomic E-state index is 12.5. The third kappa shape index (κ3) is 3.82. The number of benzene rings is 1. The first-order valence-electron chi connectivity index (χ1n) is 8.31. The minimum absolute atomic E-state index is 0.0848. The molecular formula is C19H24N2OS. The molecule has 0 radical (unpaired) electrons. The normalized spacial score (nSPS) is 18.5. The summed E-state index contributed by atoms with van der Waals surface area (Å²) in [5.41, 5.74) is 2.14. The van der Waals surface area contributed by atoms with Crippen LogP contribution in [0.25, 0.3) is 0 Å². The zero-order valence-corrected chi connectivity index (χ0v) is 14.6. The number of rotatable bonds is 5. The Hall–Kier alpha value is -1.65. The molecule has 1 fully saturated rings. The van der Waals surface area contributed by atoms with Crippen LogP contribution in [0.1, 0.15) is 49.1 Å². The first kappa shape index (κ1) is 16.2. The zero-order chi connectivity index (χ0) is 16.2. The summed E-state index contributed by atoms with van der Waals surface area (Å²) in [5.74, 6) is 0.485. The summed E-state index contributed by atoms with van der Waals surface area (Å²) in [6, 6.07) is 12.8. The molecule has 1 N–H and O–H groups in total. The van der Waals surface area contributed by atoms with Crippen molar-refractivity contribution in [3.05, 3.63) is 52.2 Å². The number of anilines is 1. The van der Waals surface area contributed by atoms with Crippen LogP contribution in [0.2, 0.25) is 0 Å². The van der Waals surface area contributed by atoms with Crippen LogP contribution in [0.3, 0.4) is 0 Å². The fraction of sp³-hybridized carbons (Fsp3) is 0.421. The van der Waals surface area contributed by atoms with Crippen LogP contribution in [-0.2, 0) is 4.79 Å². The van der Waals surface area contributed by atoms with Gasteiger partial charge in [0.1, 0.15) is 0 Å².